The van der Waals surface area contributed by atoms with E-state index in [9.17, 15) is 0 Å². The summed E-state index contributed by atoms with van der Waals surface area (Å²) in [5.74, 6) is 0.578. The molecule has 47 heavy (non-hydrogen) atoms. The van der Waals surface area contributed by atoms with Gasteiger partial charge in [0.15, 0.2) is 5.58 Å². The maximum Gasteiger partial charge on any atom is 0.228 e. The average molecular weight is 605 g/mol. The molecule has 0 aliphatic rings. The predicted molar refractivity (Wildman–Crippen MR) is 192 cm³/mol. The summed E-state index contributed by atoms with van der Waals surface area (Å²) in [6.07, 6.45) is 0. The zero-order valence-corrected chi connectivity index (χ0v) is 25.4. The van der Waals surface area contributed by atoms with Gasteiger partial charge in [0.25, 0.3) is 0 Å². The molecule has 222 valence electrons. The molecule has 0 amide bonds. The Kier molecular flexibility index (Phi) is 6.43. The highest BCUT2D eigenvalue weighted by molar-refractivity contribution is 6.12. The Bertz CT molecular complexity index is 2510. The molecule has 4 heteroatoms. The minimum absolute atomic E-state index is 0.578. The Morgan fingerprint density at radius 3 is 1.89 bits per heavy atom. The SMILES string of the molecule is c1ccc(-c2ccccc2N(c2ccccc2)c2ccc(-c3cccc4nc(-c5cccc6oc7ccccc7c56)oc34)cc2)cc1. The van der Waals surface area contributed by atoms with E-state index in [1.165, 1.54) is 11.1 Å². The molecule has 0 aliphatic carbocycles. The largest absolute Gasteiger partial charge is 0.456 e. The second-order valence-electron chi connectivity index (χ2n) is 11.6. The van der Waals surface area contributed by atoms with Gasteiger partial charge in [0.2, 0.25) is 5.89 Å². The summed E-state index contributed by atoms with van der Waals surface area (Å²) in [4.78, 5) is 7.27. The highest BCUT2D eigenvalue weighted by Gasteiger charge is 2.20. The number of rotatable bonds is 6. The van der Waals surface area contributed by atoms with E-state index in [0.717, 1.165) is 66.8 Å². The molecule has 0 fully saturated rings. The summed E-state index contributed by atoms with van der Waals surface area (Å²) in [6, 6.07) is 58.6. The number of aromatic nitrogens is 1. The molecule has 0 N–H and O–H groups in total. The van der Waals surface area contributed by atoms with Crippen molar-refractivity contribution in [3.63, 3.8) is 0 Å². The van der Waals surface area contributed by atoms with Gasteiger partial charge in [-0.25, -0.2) is 4.98 Å². The van der Waals surface area contributed by atoms with Gasteiger partial charge in [0.1, 0.15) is 16.7 Å². The lowest BCUT2D eigenvalue weighted by Gasteiger charge is -2.28. The van der Waals surface area contributed by atoms with Gasteiger partial charge < -0.3 is 13.7 Å². The van der Waals surface area contributed by atoms with Gasteiger partial charge in [-0.05, 0) is 65.7 Å². The van der Waals surface area contributed by atoms with E-state index < -0.39 is 0 Å². The molecule has 9 aromatic rings. The van der Waals surface area contributed by atoms with E-state index in [2.05, 4.69) is 132 Å². The number of nitrogens with zero attached hydrogens (tertiary/aromatic N) is 2. The van der Waals surface area contributed by atoms with Gasteiger partial charge in [0.05, 0.1) is 5.69 Å². The molecule has 2 heterocycles. The average Bonchev–Trinajstić information content (AvgIpc) is 3.75. The van der Waals surface area contributed by atoms with Gasteiger partial charge in [-0.15, -0.1) is 0 Å². The summed E-state index contributed by atoms with van der Waals surface area (Å²) < 4.78 is 12.7. The quantitative estimate of drug-likeness (QED) is 0.189. The normalized spacial score (nSPS) is 11.4. The van der Waals surface area contributed by atoms with E-state index in [4.69, 9.17) is 13.8 Å². The van der Waals surface area contributed by atoms with Crippen molar-refractivity contribution in [3.05, 3.63) is 170 Å². The first-order chi connectivity index (χ1) is 23.3. The predicted octanol–water partition coefficient (Wildman–Crippen LogP) is 12.2. The Morgan fingerprint density at radius 1 is 0.426 bits per heavy atom. The summed E-state index contributed by atoms with van der Waals surface area (Å²) >= 11 is 0. The molecule has 0 saturated carbocycles. The van der Waals surface area contributed by atoms with Crippen molar-refractivity contribution in [2.24, 2.45) is 0 Å². The molecule has 4 nitrogen and oxygen atoms in total. The zero-order valence-electron chi connectivity index (χ0n) is 25.4. The van der Waals surface area contributed by atoms with Crippen molar-refractivity contribution in [2.45, 2.75) is 0 Å². The van der Waals surface area contributed by atoms with Crippen LogP contribution in [-0.4, -0.2) is 4.98 Å². The molecule has 0 bridgehead atoms. The van der Waals surface area contributed by atoms with Crippen molar-refractivity contribution in [1.82, 2.24) is 4.98 Å². The van der Waals surface area contributed by atoms with E-state index in [-0.39, 0.29) is 0 Å². The Labute approximate surface area is 271 Å². The first kappa shape index (κ1) is 27.0. The molecule has 0 radical (unpaired) electrons. The van der Waals surface area contributed by atoms with E-state index >= 15 is 0 Å². The van der Waals surface area contributed by atoms with E-state index in [0.29, 0.717) is 5.89 Å². The highest BCUT2D eigenvalue weighted by Crippen LogP contribution is 2.42. The molecule has 0 spiro atoms. The van der Waals surface area contributed by atoms with Gasteiger partial charge in [-0.1, -0.05) is 115 Å². The minimum Gasteiger partial charge on any atom is -0.456 e. The molecule has 0 saturated heterocycles. The van der Waals surface area contributed by atoms with Crippen LogP contribution in [0.25, 0.3) is 66.7 Å². The third kappa shape index (κ3) is 4.66. The molecule has 0 aliphatic heterocycles. The molecule has 7 aromatic carbocycles. The molecule has 9 rings (SSSR count). The van der Waals surface area contributed by atoms with E-state index in [1.54, 1.807) is 0 Å². The first-order valence-corrected chi connectivity index (χ1v) is 15.7. The maximum atomic E-state index is 6.58. The summed E-state index contributed by atoms with van der Waals surface area (Å²) in [5, 5.41) is 2.06. The van der Waals surface area contributed by atoms with Crippen molar-refractivity contribution in [1.29, 1.82) is 0 Å². The number of hydrogen-bond acceptors (Lipinski definition) is 4. The van der Waals surface area contributed by atoms with Crippen molar-refractivity contribution >= 4 is 50.1 Å². The van der Waals surface area contributed by atoms with Gasteiger partial charge in [-0.2, -0.15) is 0 Å². The molecule has 0 unspecified atom stereocenters. The minimum atomic E-state index is 0.578. The number of benzene rings is 7. The lowest BCUT2D eigenvalue weighted by molar-refractivity contribution is 0.621. The van der Waals surface area contributed by atoms with Gasteiger partial charge in [0, 0.05) is 38.8 Å². The Balaban J connectivity index is 1.14. The van der Waals surface area contributed by atoms with Crippen LogP contribution in [0.15, 0.2) is 179 Å². The van der Waals surface area contributed by atoms with Crippen LogP contribution >= 0.6 is 0 Å². The van der Waals surface area contributed by atoms with E-state index in [1.807, 2.05) is 42.5 Å². The summed E-state index contributed by atoms with van der Waals surface area (Å²) in [6.45, 7) is 0. The summed E-state index contributed by atoms with van der Waals surface area (Å²) in [7, 11) is 0. The molecule has 2 aromatic heterocycles. The number of anilines is 3. The third-order valence-electron chi connectivity index (χ3n) is 8.73. The van der Waals surface area contributed by atoms with Crippen LogP contribution < -0.4 is 4.90 Å². The Hall–Kier alpha value is -6.39. The number of hydrogen-bond donors (Lipinski definition) is 0. The van der Waals surface area contributed by atoms with Gasteiger partial charge in [-0.3, -0.25) is 0 Å². The number of oxazole rings is 1. The Morgan fingerprint density at radius 2 is 1.04 bits per heavy atom. The van der Waals surface area contributed by atoms with Crippen molar-refractivity contribution in [2.75, 3.05) is 4.90 Å². The van der Waals surface area contributed by atoms with Crippen LogP contribution in [0.5, 0.6) is 0 Å². The topological polar surface area (TPSA) is 42.4 Å². The van der Waals surface area contributed by atoms with Crippen LogP contribution in [0.4, 0.5) is 17.1 Å². The lowest BCUT2D eigenvalue weighted by Crippen LogP contribution is -2.11. The van der Waals surface area contributed by atoms with Crippen molar-refractivity contribution < 1.29 is 8.83 Å². The lowest BCUT2D eigenvalue weighted by atomic mass is 10.0. The highest BCUT2D eigenvalue weighted by atomic mass is 16.4. The van der Waals surface area contributed by atoms with Crippen LogP contribution in [0.1, 0.15) is 0 Å². The maximum absolute atomic E-state index is 6.58. The molecular formula is C43H28N2O2. The number of furan rings is 1. The van der Waals surface area contributed by atoms with Crippen LogP contribution in [0.2, 0.25) is 0 Å². The van der Waals surface area contributed by atoms with Gasteiger partial charge >= 0.3 is 0 Å². The smallest absolute Gasteiger partial charge is 0.228 e. The van der Waals surface area contributed by atoms with Crippen molar-refractivity contribution in [3.8, 4) is 33.7 Å². The number of para-hydroxylation sites is 4. The van der Waals surface area contributed by atoms with Crippen LogP contribution in [0, 0.1) is 0 Å². The number of fused-ring (bicyclic) bond motifs is 4. The van der Waals surface area contributed by atoms with Crippen LogP contribution in [0.3, 0.4) is 0 Å². The second-order valence-corrected chi connectivity index (χ2v) is 11.6. The first-order valence-electron chi connectivity index (χ1n) is 15.7. The molecule has 0 atom stereocenters. The fourth-order valence-corrected chi connectivity index (χ4v) is 6.57. The summed E-state index contributed by atoms with van der Waals surface area (Å²) in [5.41, 5.74) is 11.8. The second kappa shape index (κ2) is 11.2. The molecular weight excluding hydrogens is 576 g/mol. The standard InChI is InChI=1S/C43H28N2O2/c1-3-13-29(14-4-1)33-17-7-9-22-38(33)45(31-15-5-2-6-16-31)32-27-25-30(26-28-32)34-19-11-21-37-42(34)47-43(44-37)36-20-12-24-40-41(36)35-18-8-10-23-39(35)46-40/h1-28H. The fraction of sp³-hybridized carbons (Fsp3) is 0. The fourth-order valence-electron chi connectivity index (χ4n) is 6.57. The zero-order chi connectivity index (χ0) is 31.2. The third-order valence-corrected chi connectivity index (χ3v) is 8.73. The van der Waals surface area contributed by atoms with Crippen LogP contribution in [-0.2, 0) is 0 Å². The monoisotopic (exact) mass is 604 g/mol.